The number of carboxylic acids is 1. The van der Waals surface area contributed by atoms with Gasteiger partial charge in [-0.1, -0.05) is 6.92 Å². The van der Waals surface area contributed by atoms with Crippen molar-refractivity contribution in [3.63, 3.8) is 0 Å². The van der Waals surface area contributed by atoms with Crippen molar-refractivity contribution in [3.05, 3.63) is 17.0 Å². The maximum Gasteiger partial charge on any atom is 0.338 e. The van der Waals surface area contributed by atoms with E-state index in [0.717, 1.165) is 11.3 Å². The number of carboxylic acid groups (broad SMARTS) is 1. The molecule has 1 aromatic rings. The third-order valence-corrected chi connectivity index (χ3v) is 3.00. The number of hydrogen-bond acceptors (Lipinski definition) is 4. The summed E-state index contributed by atoms with van der Waals surface area (Å²) in [7, 11) is 0. The van der Waals surface area contributed by atoms with Gasteiger partial charge in [0.25, 0.3) is 0 Å². The number of anilines is 1. The molecule has 1 aromatic heterocycles. The first-order valence-corrected chi connectivity index (χ1v) is 5.95. The molecule has 1 rings (SSSR count). The lowest BCUT2D eigenvalue weighted by Gasteiger charge is -2.14. The zero-order chi connectivity index (χ0) is 12.8. The second-order valence-corrected chi connectivity index (χ2v) is 4.27. The Balaban J connectivity index is 2.62. The minimum absolute atomic E-state index is 0.0576. The monoisotopic (exact) mass is 258 g/mol. The number of aliphatic hydroxyl groups is 1. The lowest BCUT2D eigenvalue weighted by molar-refractivity contribution is 0.0698. The zero-order valence-electron chi connectivity index (χ0n) is 9.27. The maximum atomic E-state index is 11.5. The number of aromatic carboxylic acids is 1. The molecule has 0 aliphatic rings. The van der Waals surface area contributed by atoms with E-state index in [1.165, 1.54) is 6.07 Å². The Morgan fingerprint density at radius 1 is 1.53 bits per heavy atom. The van der Waals surface area contributed by atoms with E-state index in [0.29, 0.717) is 6.42 Å². The van der Waals surface area contributed by atoms with Crippen molar-refractivity contribution in [2.24, 2.45) is 0 Å². The molecule has 0 aromatic carbocycles. The van der Waals surface area contributed by atoms with Gasteiger partial charge in [-0.3, -0.25) is 5.32 Å². The molecule has 0 bridgehead atoms. The summed E-state index contributed by atoms with van der Waals surface area (Å²) in [4.78, 5) is 22.3. The van der Waals surface area contributed by atoms with Gasteiger partial charge in [0, 0.05) is 0 Å². The number of carbonyl (C=O) groups is 2. The summed E-state index contributed by atoms with van der Waals surface area (Å²) in [6, 6.07) is 0.575. The fourth-order valence-corrected chi connectivity index (χ4v) is 1.95. The van der Waals surface area contributed by atoms with E-state index in [4.69, 9.17) is 10.2 Å². The summed E-state index contributed by atoms with van der Waals surface area (Å²) >= 11 is 1.13. The van der Waals surface area contributed by atoms with Gasteiger partial charge < -0.3 is 15.5 Å². The first-order chi connectivity index (χ1) is 8.08. The van der Waals surface area contributed by atoms with Gasteiger partial charge >= 0.3 is 12.0 Å². The number of thiophene rings is 1. The van der Waals surface area contributed by atoms with Gasteiger partial charge in [0.05, 0.1) is 18.2 Å². The van der Waals surface area contributed by atoms with E-state index in [9.17, 15) is 9.59 Å². The Kier molecular flexibility index (Phi) is 4.92. The average molecular weight is 258 g/mol. The Hall–Kier alpha value is -1.60. The highest BCUT2D eigenvalue weighted by atomic mass is 32.1. The molecule has 4 N–H and O–H groups in total. The lowest BCUT2D eigenvalue weighted by atomic mass is 10.2. The fourth-order valence-electron chi connectivity index (χ4n) is 1.18. The molecule has 17 heavy (non-hydrogen) atoms. The topological polar surface area (TPSA) is 98.7 Å². The van der Waals surface area contributed by atoms with Gasteiger partial charge in [-0.2, -0.15) is 0 Å². The van der Waals surface area contributed by atoms with Crippen LogP contribution in [0.3, 0.4) is 0 Å². The molecule has 6 nitrogen and oxygen atoms in total. The molecule has 94 valence electrons. The molecular formula is C10H14N2O4S. The van der Waals surface area contributed by atoms with Crippen LogP contribution in [0.1, 0.15) is 23.7 Å². The second-order valence-electron chi connectivity index (χ2n) is 3.35. The average Bonchev–Trinajstić information content (AvgIpc) is 2.74. The Bertz CT molecular complexity index is 401. The molecule has 0 fully saturated rings. The van der Waals surface area contributed by atoms with Crippen LogP contribution < -0.4 is 10.6 Å². The summed E-state index contributed by atoms with van der Waals surface area (Å²) in [5, 5.41) is 24.6. The molecule has 0 aliphatic heterocycles. The van der Waals surface area contributed by atoms with Crippen LogP contribution in [-0.2, 0) is 0 Å². The molecule has 0 aliphatic carbocycles. The largest absolute Gasteiger partial charge is 0.478 e. The Labute approximate surface area is 102 Å². The van der Waals surface area contributed by atoms with Crippen LogP contribution in [0.5, 0.6) is 0 Å². The van der Waals surface area contributed by atoms with Gasteiger partial charge in [-0.15, -0.1) is 11.3 Å². The van der Waals surface area contributed by atoms with Crippen LogP contribution in [0.4, 0.5) is 9.80 Å². The van der Waals surface area contributed by atoms with Crippen LogP contribution in [0.15, 0.2) is 11.4 Å². The minimum atomic E-state index is -1.09. The molecule has 0 saturated carbocycles. The highest BCUT2D eigenvalue weighted by Crippen LogP contribution is 2.22. The quantitative estimate of drug-likeness (QED) is 0.640. The highest BCUT2D eigenvalue weighted by Gasteiger charge is 2.15. The summed E-state index contributed by atoms with van der Waals surface area (Å²) in [6.07, 6.45) is 0.597. The lowest BCUT2D eigenvalue weighted by Crippen LogP contribution is -2.39. The van der Waals surface area contributed by atoms with Crippen LogP contribution >= 0.6 is 11.3 Å². The molecule has 1 atom stereocenters. The van der Waals surface area contributed by atoms with Gasteiger partial charge in [-0.05, 0) is 17.9 Å². The third-order valence-electron chi connectivity index (χ3n) is 2.17. The van der Waals surface area contributed by atoms with Gasteiger partial charge in [0.2, 0.25) is 0 Å². The van der Waals surface area contributed by atoms with Crippen LogP contribution in [0.25, 0.3) is 0 Å². The number of aliphatic hydroxyl groups excluding tert-OH is 1. The molecule has 1 heterocycles. The van der Waals surface area contributed by atoms with E-state index >= 15 is 0 Å². The summed E-state index contributed by atoms with van der Waals surface area (Å²) in [6.45, 7) is 1.68. The van der Waals surface area contributed by atoms with Gasteiger partial charge in [0.1, 0.15) is 5.00 Å². The van der Waals surface area contributed by atoms with Crippen molar-refractivity contribution in [2.75, 3.05) is 11.9 Å². The number of carbonyl (C=O) groups excluding carboxylic acids is 1. The molecule has 1 unspecified atom stereocenters. The first-order valence-electron chi connectivity index (χ1n) is 5.07. The van der Waals surface area contributed by atoms with E-state index < -0.39 is 12.0 Å². The number of nitrogens with one attached hydrogen (secondary N) is 2. The summed E-state index contributed by atoms with van der Waals surface area (Å²) in [5.41, 5.74) is 0.0576. The minimum Gasteiger partial charge on any atom is -0.478 e. The van der Waals surface area contributed by atoms with E-state index in [1.54, 1.807) is 5.38 Å². The predicted octanol–water partition coefficient (Wildman–Crippen LogP) is 1.34. The molecule has 0 radical (unpaired) electrons. The zero-order valence-corrected chi connectivity index (χ0v) is 10.1. The SMILES string of the molecule is CCC(CO)NC(=O)Nc1sccc1C(=O)O. The number of amides is 2. The van der Waals surface area contributed by atoms with Crippen LogP contribution in [0, 0.1) is 0 Å². The van der Waals surface area contributed by atoms with Crippen molar-refractivity contribution in [2.45, 2.75) is 19.4 Å². The summed E-state index contributed by atoms with van der Waals surface area (Å²) in [5.74, 6) is -1.09. The normalized spacial score (nSPS) is 11.9. The Morgan fingerprint density at radius 3 is 2.76 bits per heavy atom. The molecule has 0 saturated heterocycles. The van der Waals surface area contributed by atoms with Gasteiger partial charge in [-0.25, -0.2) is 9.59 Å². The van der Waals surface area contributed by atoms with E-state index in [1.807, 2.05) is 6.92 Å². The van der Waals surface area contributed by atoms with Crippen LogP contribution in [-0.4, -0.2) is 34.9 Å². The van der Waals surface area contributed by atoms with E-state index in [2.05, 4.69) is 10.6 Å². The number of rotatable bonds is 5. The smallest absolute Gasteiger partial charge is 0.338 e. The first kappa shape index (κ1) is 13.5. The molecule has 0 spiro atoms. The van der Waals surface area contributed by atoms with Crippen LogP contribution in [0.2, 0.25) is 0 Å². The number of hydrogen-bond donors (Lipinski definition) is 4. The fraction of sp³-hybridized carbons (Fsp3) is 0.400. The molecular weight excluding hydrogens is 244 g/mol. The number of urea groups is 1. The standard InChI is InChI=1S/C10H14N2O4S/c1-2-6(5-13)11-10(16)12-8-7(9(14)15)3-4-17-8/h3-4,6,13H,2,5H2,1H3,(H,14,15)(H2,11,12,16). The summed E-state index contributed by atoms with van der Waals surface area (Å²) < 4.78 is 0. The maximum absolute atomic E-state index is 11.5. The highest BCUT2D eigenvalue weighted by molar-refractivity contribution is 7.14. The second kappa shape index (κ2) is 6.21. The van der Waals surface area contributed by atoms with E-state index in [-0.39, 0.29) is 23.2 Å². The Morgan fingerprint density at radius 2 is 2.24 bits per heavy atom. The van der Waals surface area contributed by atoms with Crippen molar-refractivity contribution >= 4 is 28.3 Å². The molecule has 2 amide bonds. The van der Waals surface area contributed by atoms with Crippen molar-refractivity contribution in [1.29, 1.82) is 0 Å². The van der Waals surface area contributed by atoms with Crippen molar-refractivity contribution in [3.8, 4) is 0 Å². The van der Waals surface area contributed by atoms with Gasteiger partial charge in [0.15, 0.2) is 0 Å². The molecule has 7 heteroatoms. The van der Waals surface area contributed by atoms with Crippen molar-refractivity contribution in [1.82, 2.24) is 5.32 Å². The third kappa shape index (κ3) is 3.72. The predicted molar refractivity (Wildman–Crippen MR) is 64.6 cm³/mol. The van der Waals surface area contributed by atoms with Crippen molar-refractivity contribution < 1.29 is 19.8 Å².